The maximum absolute atomic E-state index is 12.3. The van der Waals surface area contributed by atoms with Crippen molar-refractivity contribution in [2.45, 2.75) is 33.1 Å². The molecule has 25 heavy (non-hydrogen) atoms. The SMILES string of the molecule is CCCCc1ccc(N2COCC(C(=O)OC)=C2C(=O)OC)c(C)c1. The first kappa shape index (κ1) is 19.0. The fourth-order valence-corrected chi connectivity index (χ4v) is 2.89. The molecular formula is C19H25NO5. The molecular weight excluding hydrogens is 322 g/mol. The van der Waals surface area contributed by atoms with Crippen molar-refractivity contribution >= 4 is 17.6 Å². The van der Waals surface area contributed by atoms with Gasteiger partial charge in [-0.25, -0.2) is 9.59 Å². The minimum atomic E-state index is -0.595. The van der Waals surface area contributed by atoms with Crippen molar-refractivity contribution in [3.8, 4) is 0 Å². The Morgan fingerprint density at radius 3 is 2.52 bits per heavy atom. The van der Waals surface area contributed by atoms with Crippen LogP contribution >= 0.6 is 0 Å². The lowest BCUT2D eigenvalue weighted by molar-refractivity contribution is -0.140. The maximum Gasteiger partial charge on any atom is 0.355 e. The smallest absolute Gasteiger partial charge is 0.355 e. The Hall–Kier alpha value is -2.34. The zero-order chi connectivity index (χ0) is 18.4. The lowest BCUT2D eigenvalue weighted by Gasteiger charge is -2.32. The molecule has 2 rings (SSSR count). The number of ether oxygens (including phenoxy) is 3. The normalized spacial score (nSPS) is 14.5. The van der Waals surface area contributed by atoms with E-state index in [9.17, 15) is 9.59 Å². The van der Waals surface area contributed by atoms with Crippen molar-refractivity contribution in [3.63, 3.8) is 0 Å². The Kier molecular flexibility index (Phi) is 6.58. The number of carbonyl (C=O) groups excluding carboxylic acids is 2. The van der Waals surface area contributed by atoms with E-state index in [1.165, 1.54) is 19.8 Å². The number of aryl methyl sites for hydroxylation is 2. The van der Waals surface area contributed by atoms with E-state index < -0.39 is 11.9 Å². The van der Waals surface area contributed by atoms with Gasteiger partial charge in [0, 0.05) is 5.69 Å². The molecule has 0 aromatic heterocycles. The maximum atomic E-state index is 12.3. The molecule has 0 amide bonds. The lowest BCUT2D eigenvalue weighted by atomic mass is 10.0. The molecule has 0 unspecified atom stereocenters. The number of anilines is 1. The summed E-state index contributed by atoms with van der Waals surface area (Å²) in [6.07, 6.45) is 3.28. The number of carbonyl (C=O) groups is 2. The van der Waals surface area contributed by atoms with Gasteiger partial charge in [0.1, 0.15) is 12.4 Å². The largest absolute Gasteiger partial charge is 0.466 e. The molecule has 0 saturated carbocycles. The van der Waals surface area contributed by atoms with Gasteiger partial charge in [0.2, 0.25) is 0 Å². The molecule has 1 heterocycles. The predicted octanol–water partition coefficient (Wildman–Crippen LogP) is 2.73. The van der Waals surface area contributed by atoms with Crippen molar-refractivity contribution in [1.29, 1.82) is 0 Å². The summed E-state index contributed by atoms with van der Waals surface area (Å²) in [4.78, 5) is 26.0. The number of nitrogens with zero attached hydrogens (tertiary/aromatic N) is 1. The minimum Gasteiger partial charge on any atom is -0.466 e. The number of rotatable bonds is 6. The van der Waals surface area contributed by atoms with E-state index >= 15 is 0 Å². The quantitative estimate of drug-likeness (QED) is 0.737. The summed E-state index contributed by atoms with van der Waals surface area (Å²) in [5, 5.41) is 0. The number of methoxy groups -OCH3 is 2. The van der Waals surface area contributed by atoms with E-state index in [0.29, 0.717) is 0 Å². The van der Waals surface area contributed by atoms with Crippen LogP contribution in [0.4, 0.5) is 5.69 Å². The van der Waals surface area contributed by atoms with Gasteiger partial charge in [-0.05, 0) is 37.0 Å². The monoisotopic (exact) mass is 347 g/mol. The van der Waals surface area contributed by atoms with E-state index in [4.69, 9.17) is 14.2 Å². The number of hydrogen-bond acceptors (Lipinski definition) is 6. The third-order valence-electron chi connectivity index (χ3n) is 4.20. The molecule has 0 atom stereocenters. The fraction of sp³-hybridized carbons (Fsp3) is 0.474. The van der Waals surface area contributed by atoms with Crippen LogP contribution in [0.5, 0.6) is 0 Å². The van der Waals surface area contributed by atoms with Gasteiger partial charge in [-0.1, -0.05) is 25.5 Å². The van der Waals surface area contributed by atoms with E-state index in [-0.39, 0.29) is 24.6 Å². The highest BCUT2D eigenvalue weighted by atomic mass is 16.5. The zero-order valence-electron chi connectivity index (χ0n) is 15.3. The molecule has 0 fully saturated rings. The van der Waals surface area contributed by atoms with Gasteiger partial charge >= 0.3 is 11.9 Å². The summed E-state index contributed by atoms with van der Waals surface area (Å²) in [5.41, 5.74) is 3.39. The van der Waals surface area contributed by atoms with E-state index in [1.54, 1.807) is 4.90 Å². The van der Waals surface area contributed by atoms with E-state index in [0.717, 1.165) is 30.5 Å². The van der Waals surface area contributed by atoms with Crippen LogP contribution in [0, 0.1) is 6.92 Å². The summed E-state index contributed by atoms with van der Waals surface area (Å²) >= 11 is 0. The van der Waals surface area contributed by atoms with E-state index in [2.05, 4.69) is 13.0 Å². The summed E-state index contributed by atoms with van der Waals surface area (Å²) in [6, 6.07) is 6.10. The molecule has 0 bridgehead atoms. The van der Waals surface area contributed by atoms with Crippen molar-refractivity contribution in [2.24, 2.45) is 0 Å². The highest BCUT2D eigenvalue weighted by molar-refractivity contribution is 6.03. The van der Waals surface area contributed by atoms with Crippen LogP contribution in [0.1, 0.15) is 30.9 Å². The summed E-state index contributed by atoms with van der Waals surface area (Å²) < 4.78 is 15.2. The molecule has 6 nitrogen and oxygen atoms in total. The van der Waals surface area contributed by atoms with Crippen molar-refractivity contribution in [3.05, 3.63) is 40.6 Å². The van der Waals surface area contributed by atoms with Crippen LogP contribution in [0.3, 0.4) is 0 Å². The average Bonchev–Trinajstić information content (AvgIpc) is 2.64. The molecule has 0 N–H and O–H groups in total. The van der Waals surface area contributed by atoms with Crippen molar-refractivity contribution < 1.29 is 23.8 Å². The number of hydrogen-bond donors (Lipinski definition) is 0. The predicted molar refractivity (Wildman–Crippen MR) is 94.1 cm³/mol. The van der Waals surface area contributed by atoms with Gasteiger partial charge in [0.15, 0.2) is 0 Å². The standard InChI is InChI=1S/C19H25NO5/c1-5-6-7-14-8-9-16(13(2)10-14)20-12-25-11-15(18(21)23-3)17(20)19(22)24-4/h8-10H,5-7,11-12H2,1-4H3. The van der Waals surface area contributed by atoms with Crippen LogP contribution < -0.4 is 4.90 Å². The van der Waals surface area contributed by atoms with Gasteiger partial charge in [-0.2, -0.15) is 0 Å². The number of benzene rings is 1. The average molecular weight is 347 g/mol. The Labute approximate surface area is 148 Å². The van der Waals surface area contributed by atoms with Crippen molar-refractivity contribution in [2.75, 3.05) is 32.5 Å². The van der Waals surface area contributed by atoms with Gasteiger partial charge < -0.3 is 19.1 Å². The summed E-state index contributed by atoms with van der Waals surface area (Å²) in [5.74, 6) is -1.18. The van der Waals surface area contributed by atoms with Gasteiger partial charge in [-0.3, -0.25) is 0 Å². The molecule has 6 heteroatoms. The topological polar surface area (TPSA) is 65.1 Å². The summed E-state index contributed by atoms with van der Waals surface area (Å²) in [6.45, 7) is 4.32. The molecule has 0 spiro atoms. The minimum absolute atomic E-state index is 0.0151. The highest BCUT2D eigenvalue weighted by Gasteiger charge is 2.32. The Bertz CT molecular complexity index is 680. The Balaban J connectivity index is 2.45. The molecule has 1 aromatic rings. The van der Waals surface area contributed by atoms with Crippen LogP contribution in [0.2, 0.25) is 0 Å². The highest BCUT2D eigenvalue weighted by Crippen LogP contribution is 2.30. The molecule has 1 aliphatic heterocycles. The van der Waals surface area contributed by atoms with Gasteiger partial charge in [0.05, 0.1) is 26.4 Å². The summed E-state index contributed by atoms with van der Waals surface area (Å²) in [7, 11) is 2.57. The third kappa shape index (κ3) is 4.20. The first-order chi connectivity index (χ1) is 12.0. The second-order valence-corrected chi connectivity index (χ2v) is 5.94. The molecule has 1 aromatic carbocycles. The molecule has 1 aliphatic rings. The van der Waals surface area contributed by atoms with Gasteiger partial charge in [0.25, 0.3) is 0 Å². The van der Waals surface area contributed by atoms with Crippen LogP contribution in [0.25, 0.3) is 0 Å². The first-order valence-electron chi connectivity index (χ1n) is 8.38. The molecule has 0 saturated heterocycles. The van der Waals surface area contributed by atoms with Crippen LogP contribution in [-0.4, -0.2) is 39.5 Å². The lowest BCUT2D eigenvalue weighted by Crippen LogP contribution is -2.39. The van der Waals surface area contributed by atoms with Crippen molar-refractivity contribution in [1.82, 2.24) is 0 Å². The van der Waals surface area contributed by atoms with E-state index in [1.807, 2.05) is 19.1 Å². The fourth-order valence-electron chi connectivity index (χ4n) is 2.89. The molecule has 136 valence electrons. The molecule has 0 radical (unpaired) electrons. The third-order valence-corrected chi connectivity index (χ3v) is 4.20. The number of unbranched alkanes of at least 4 members (excludes halogenated alkanes) is 1. The zero-order valence-corrected chi connectivity index (χ0v) is 15.3. The Morgan fingerprint density at radius 1 is 1.20 bits per heavy atom. The second-order valence-electron chi connectivity index (χ2n) is 5.94. The second kappa shape index (κ2) is 8.67. The van der Waals surface area contributed by atoms with Crippen LogP contribution in [0.15, 0.2) is 29.5 Å². The van der Waals surface area contributed by atoms with Crippen LogP contribution in [-0.2, 0) is 30.2 Å². The molecule has 0 aliphatic carbocycles. The first-order valence-corrected chi connectivity index (χ1v) is 8.38. The Morgan fingerprint density at radius 2 is 1.92 bits per heavy atom. The van der Waals surface area contributed by atoms with Gasteiger partial charge in [-0.15, -0.1) is 0 Å². The number of esters is 2.